The molecule has 8 heteroatoms. The molecule has 1 aliphatic heterocycles. The second kappa shape index (κ2) is 12.2. The van der Waals surface area contributed by atoms with Gasteiger partial charge in [-0.2, -0.15) is 5.26 Å². The van der Waals surface area contributed by atoms with Gasteiger partial charge in [0.05, 0.1) is 24.8 Å². The van der Waals surface area contributed by atoms with E-state index in [0.717, 1.165) is 24.0 Å². The second-order valence-electron chi connectivity index (χ2n) is 9.14. The molecule has 0 spiro atoms. The highest BCUT2D eigenvalue weighted by molar-refractivity contribution is 6.30. The standard InChI is InChI=1S/C27H33Cl2N3O3/c1-3-17(4-2)25-27(16-30,19-8-10-20(28)11-9-19)23(18-6-5-7-21(29)14-18)24(32-25)26(35)31-13-12-22(34)15-33/h5-11,14,17,22-25,32-34H,3-4,12-13,15H2,1-2H3,(H,31,35)/t22-,23-,24+,25+,27+/m0/s1. The third kappa shape index (κ3) is 5.66. The Labute approximate surface area is 217 Å². The van der Waals surface area contributed by atoms with Gasteiger partial charge in [-0.15, -0.1) is 0 Å². The molecule has 35 heavy (non-hydrogen) atoms. The molecular weight excluding hydrogens is 485 g/mol. The number of aliphatic hydroxyl groups is 2. The van der Waals surface area contributed by atoms with Gasteiger partial charge in [0.2, 0.25) is 5.91 Å². The molecule has 5 atom stereocenters. The molecule has 3 rings (SSSR count). The molecule has 188 valence electrons. The van der Waals surface area contributed by atoms with Crippen LogP contribution >= 0.6 is 23.2 Å². The summed E-state index contributed by atoms with van der Waals surface area (Å²) in [6.45, 7) is 4.03. The third-order valence-corrected chi connectivity index (χ3v) is 7.67. The lowest BCUT2D eigenvalue weighted by molar-refractivity contribution is -0.123. The fourth-order valence-electron chi connectivity index (χ4n) is 5.38. The van der Waals surface area contributed by atoms with Crippen LogP contribution < -0.4 is 10.6 Å². The van der Waals surface area contributed by atoms with Gasteiger partial charge in [-0.25, -0.2) is 0 Å². The number of carbonyl (C=O) groups is 1. The molecule has 1 amide bonds. The van der Waals surface area contributed by atoms with Crippen molar-refractivity contribution in [2.45, 2.75) is 62.6 Å². The summed E-state index contributed by atoms with van der Waals surface area (Å²) >= 11 is 12.6. The molecule has 0 saturated carbocycles. The minimum absolute atomic E-state index is 0.140. The molecular formula is C27H33Cl2N3O3. The first-order valence-electron chi connectivity index (χ1n) is 12.1. The summed E-state index contributed by atoms with van der Waals surface area (Å²) in [5.41, 5.74) is 0.536. The zero-order valence-corrected chi connectivity index (χ0v) is 21.6. The van der Waals surface area contributed by atoms with Gasteiger partial charge >= 0.3 is 0 Å². The highest BCUT2D eigenvalue weighted by Crippen LogP contribution is 2.51. The topological polar surface area (TPSA) is 105 Å². The largest absolute Gasteiger partial charge is 0.394 e. The van der Waals surface area contributed by atoms with Crippen LogP contribution in [0, 0.1) is 17.2 Å². The molecule has 6 nitrogen and oxygen atoms in total. The molecule has 1 fully saturated rings. The predicted molar refractivity (Wildman–Crippen MR) is 138 cm³/mol. The molecule has 0 aliphatic carbocycles. The highest BCUT2D eigenvalue weighted by Gasteiger charge is 2.60. The third-order valence-electron chi connectivity index (χ3n) is 7.18. The van der Waals surface area contributed by atoms with Crippen molar-refractivity contribution in [2.75, 3.05) is 13.2 Å². The van der Waals surface area contributed by atoms with E-state index in [9.17, 15) is 15.2 Å². The van der Waals surface area contributed by atoms with Gasteiger partial charge in [0.15, 0.2) is 0 Å². The van der Waals surface area contributed by atoms with Gasteiger partial charge < -0.3 is 20.8 Å². The van der Waals surface area contributed by atoms with Crippen LogP contribution in [0.3, 0.4) is 0 Å². The first-order valence-corrected chi connectivity index (χ1v) is 12.8. The Hall–Kier alpha value is -2.14. The van der Waals surface area contributed by atoms with Crippen molar-refractivity contribution < 1.29 is 15.0 Å². The number of nitrogens with zero attached hydrogens (tertiary/aromatic N) is 1. The van der Waals surface area contributed by atoms with Crippen molar-refractivity contribution in [2.24, 2.45) is 5.92 Å². The number of nitrogens with one attached hydrogen (secondary N) is 2. The lowest BCUT2D eigenvalue weighted by atomic mass is 9.62. The lowest BCUT2D eigenvalue weighted by Crippen LogP contribution is -2.47. The van der Waals surface area contributed by atoms with E-state index in [1.165, 1.54) is 0 Å². The monoisotopic (exact) mass is 517 g/mol. The van der Waals surface area contributed by atoms with Crippen molar-refractivity contribution in [1.82, 2.24) is 10.6 Å². The Morgan fingerprint density at radius 3 is 2.43 bits per heavy atom. The van der Waals surface area contributed by atoms with Crippen LogP contribution in [-0.2, 0) is 10.2 Å². The van der Waals surface area contributed by atoms with Crippen molar-refractivity contribution in [3.8, 4) is 6.07 Å². The second-order valence-corrected chi connectivity index (χ2v) is 10.0. The van der Waals surface area contributed by atoms with E-state index in [4.69, 9.17) is 28.3 Å². The van der Waals surface area contributed by atoms with E-state index in [1.807, 2.05) is 30.3 Å². The Balaban J connectivity index is 2.16. The lowest BCUT2D eigenvalue weighted by Gasteiger charge is -2.38. The summed E-state index contributed by atoms with van der Waals surface area (Å²) in [5.74, 6) is -0.649. The van der Waals surface area contributed by atoms with Crippen LogP contribution in [0.2, 0.25) is 10.0 Å². The SMILES string of the molecule is CCC(CC)[C@H]1N[C@@H](C(=O)NCC[C@H](O)CO)[C@H](c2cccc(Cl)c2)[C@@]1(C#N)c1ccc(Cl)cc1. The molecule has 1 heterocycles. The number of benzene rings is 2. The quantitative estimate of drug-likeness (QED) is 0.378. The molecule has 0 bridgehead atoms. The molecule has 4 N–H and O–H groups in total. The number of nitriles is 1. The van der Waals surface area contributed by atoms with Gasteiger partial charge in [0.25, 0.3) is 0 Å². The van der Waals surface area contributed by atoms with Crippen LogP contribution in [0.15, 0.2) is 48.5 Å². The molecule has 0 unspecified atom stereocenters. The Bertz CT molecular complexity index is 1040. The molecule has 1 aliphatic rings. The van der Waals surface area contributed by atoms with Crippen LogP contribution in [0.1, 0.15) is 50.2 Å². The van der Waals surface area contributed by atoms with Gasteiger partial charge in [0, 0.05) is 28.5 Å². The minimum Gasteiger partial charge on any atom is -0.394 e. The van der Waals surface area contributed by atoms with E-state index >= 15 is 0 Å². The van der Waals surface area contributed by atoms with E-state index in [2.05, 4.69) is 30.6 Å². The zero-order chi connectivity index (χ0) is 25.6. The van der Waals surface area contributed by atoms with Crippen molar-refractivity contribution in [1.29, 1.82) is 5.26 Å². The van der Waals surface area contributed by atoms with Crippen molar-refractivity contribution in [3.63, 3.8) is 0 Å². The van der Waals surface area contributed by atoms with E-state index in [1.54, 1.807) is 18.2 Å². The average Bonchev–Trinajstić information content (AvgIpc) is 3.21. The molecule has 0 aromatic heterocycles. The number of hydrogen-bond donors (Lipinski definition) is 4. The summed E-state index contributed by atoms with van der Waals surface area (Å²) in [6, 6.07) is 16.3. The van der Waals surface area contributed by atoms with Gasteiger partial charge in [-0.3, -0.25) is 4.79 Å². The number of hydrogen-bond acceptors (Lipinski definition) is 5. The fourth-order valence-corrected chi connectivity index (χ4v) is 5.70. The maximum absolute atomic E-state index is 13.5. The van der Waals surface area contributed by atoms with Crippen molar-refractivity contribution in [3.05, 3.63) is 69.7 Å². The maximum atomic E-state index is 13.5. The number of carbonyl (C=O) groups excluding carboxylic acids is 1. The first kappa shape index (κ1) is 27.4. The van der Waals surface area contributed by atoms with Gasteiger partial charge in [-0.05, 0) is 47.7 Å². The first-order chi connectivity index (χ1) is 16.8. The summed E-state index contributed by atoms with van der Waals surface area (Å²) < 4.78 is 0. The normalized spacial score (nSPS) is 24.8. The van der Waals surface area contributed by atoms with Gasteiger partial charge in [-0.1, -0.05) is 74.2 Å². The maximum Gasteiger partial charge on any atom is 0.237 e. The van der Waals surface area contributed by atoms with Crippen LogP contribution in [0.4, 0.5) is 0 Å². The predicted octanol–water partition coefficient (Wildman–Crippen LogP) is 4.17. The fraction of sp³-hybridized carbons (Fsp3) is 0.481. The van der Waals surface area contributed by atoms with E-state index in [-0.39, 0.29) is 37.4 Å². The zero-order valence-electron chi connectivity index (χ0n) is 20.0. The average molecular weight is 518 g/mol. The number of amides is 1. The summed E-state index contributed by atoms with van der Waals surface area (Å²) in [5, 5.41) is 37.2. The Morgan fingerprint density at radius 1 is 1.17 bits per heavy atom. The Morgan fingerprint density at radius 2 is 1.86 bits per heavy atom. The molecule has 2 aromatic rings. The number of aliphatic hydroxyl groups excluding tert-OH is 2. The summed E-state index contributed by atoms with van der Waals surface area (Å²) in [4.78, 5) is 13.5. The van der Waals surface area contributed by atoms with Crippen LogP contribution in [0.25, 0.3) is 0 Å². The Kier molecular flexibility index (Phi) is 9.57. The number of rotatable bonds is 10. The molecule has 1 saturated heterocycles. The molecule has 0 radical (unpaired) electrons. The summed E-state index contributed by atoms with van der Waals surface area (Å²) in [7, 11) is 0. The minimum atomic E-state index is -1.06. The highest BCUT2D eigenvalue weighted by atomic mass is 35.5. The smallest absolute Gasteiger partial charge is 0.237 e. The number of halogens is 2. The van der Waals surface area contributed by atoms with E-state index < -0.39 is 23.5 Å². The molecule has 2 aromatic carbocycles. The van der Waals surface area contributed by atoms with Crippen molar-refractivity contribution >= 4 is 29.1 Å². The summed E-state index contributed by atoms with van der Waals surface area (Å²) in [6.07, 6.45) is 1.00. The van der Waals surface area contributed by atoms with Crippen LogP contribution in [-0.4, -0.2) is 47.5 Å². The van der Waals surface area contributed by atoms with E-state index in [0.29, 0.717) is 10.0 Å². The van der Waals surface area contributed by atoms with Crippen LogP contribution in [0.5, 0.6) is 0 Å². The van der Waals surface area contributed by atoms with Gasteiger partial charge in [0.1, 0.15) is 5.41 Å².